The number of piperidine rings is 1. The van der Waals surface area contributed by atoms with Crippen LogP contribution in [0.25, 0.3) is 0 Å². The van der Waals surface area contributed by atoms with Crippen molar-refractivity contribution in [2.45, 2.75) is 50.2 Å². The van der Waals surface area contributed by atoms with Gasteiger partial charge in [-0.05, 0) is 40.2 Å². The van der Waals surface area contributed by atoms with E-state index in [-0.39, 0.29) is 10.5 Å². The summed E-state index contributed by atoms with van der Waals surface area (Å²) in [5.74, 6) is 0. The molecule has 0 aromatic rings. The fourth-order valence-electron chi connectivity index (χ4n) is 1.77. The molecule has 1 saturated heterocycles. The van der Waals surface area contributed by atoms with Gasteiger partial charge in [0, 0.05) is 6.04 Å². The summed E-state index contributed by atoms with van der Waals surface area (Å²) in [6, 6.07) is 0.340. The lowest BCUT2D eigenvalue weighted by atomic mass is 10.1. The predicted molar refractivity (Wildman–Crippen MR) is 54.5 cm³/mol. The number of hydrogen-bond acceptors (Lipinski definition) is 3. The average Bonchev–Trinajstić information content (AvgIpc) is 2.04. The van der Waals surface area contributed by atoms with Crippen molar-refractivity contribution in [2.75, 3.05) is 6.54 Å². The Hall–Kier alpha value is -0.0900. The summed E-state index contributed by atoms with van der Waals surface area (Å²) in [4.78, 5) is 0. The molecule has 3 nitrogen and oxygen atoms in total. The average molecular weight is 205 g/mol. The van der Waals surface area contributed by atoms with E-state index in [0.717, 1.165) is 19.4 Å². The van der Waals surface area contributed by atoms with Crippen molar-refractivity contribution < 1.29 is 8.42 Å². The molecule has 0 spiro atoms. The van der Waals surface area contributed by atoms with Crippen LogP contribution in [-0.2, 0) is 9.84 Å². The molecular formula is C9H19NO2S. The molecule has 1 heterocycles. The monoisotopic (exact) mass is 205 g/mol. The minimum absolute atomic E-state index is 0.122. The molecule has 1 aliphatic rings. The van der Waals surface area contributed by atoms with Crippen LogP contribution in [-0.4, -0.2) is 31.5 Å². The minimum Gasteiger partial charge on any atom is -0.314 e. The Morgan fingerprint density at radius 3 is 2.46 bits per heavy atom. The van der Waals surface area contributed by atoms with E-state index in [1.807, 2.05) is 6.92 Å². The lowest BCUT2D eigenvalue weighted by Crippen LogP contribution is -2.43. The molecule has 0 saturated carbocycles. The number of hydrogen-bond donors (Lipinski definition) is 1. The quantitative estimate of drug-likeness (QED) is 0.730. The van der Waals surface area contributed by atoms with Gasteiger partial charge in [0.05, 0.1) is 10.5 Å². The Balaban J connectivity index is 2.71. The lowest BCUT2D eigenvalue weighted by Gasteiger charge is -2.28. The molecule has 0 amide bonds. The molecule has 2 atom stereocenters. The smallest absolute Gasteiger partial charge is 0.155 e. The molecule has 13 heavy (non-hydrogen) atoms. The number of sulfone groups is 1. The van der Waals surface area contributed by atoms with Crippen LogP contribution in [0.15, 0.2) is 0 Å². The number of nitrogens with one attached hydrogen (secondary N) is 1. The van der Waals surface area contributed by atoms with Crippen LogP contribution in [0, 0.1) is 0 Å². The van der Waals surface area contributed by atoms with Crippen molar-refractivity contribution in [1.82, 2.24) is 5.32 Å². The third-order valence-corrected chi connectivity index (χ3v) is 5.37. The molecule has 0 aliphatic carbocycles. The lowest BCUT2D eigenvalue weighted by molar-refractivity contribution is 0.417. The van der Waals surface area contributed by atoms with Gasteiger partial charge >= 0.3 is 0 Å². The van der Waals surface area contributed by atoms with Crippen LogP contribution in [0.5, 0.6) is 0 Å². The highest BCUT2D eigenvalue weighted by Crippen LogP contribution is 2.20. The molecule has 0 radical (unpaired) electrons. The highest BCUT2D eigenvalue weighted by atomic mass is 32.2. The molecule has 0 bridgehead atoms. The molecule has 1 N–H and O–H groups in total. The molecule has 0 aromatic heterocycles. The molecule has 1 rings (SSSR count). The zero-order valence-corrected chi connectivity index (χ0v) is 9.39. The van der Waals surface area contributed by atoms with Crippen molar-refractivity contribution in [2.24, 2.45) is 0 Å². The van der Waals surface area contributed by atoms with Crippen molar-refractivity contribution in [3.8, 4) is 0 Å². The maximum Gasteiger partial charge on any atom is 0.155 e. The summed E-state index contributed by atoms with van der Waals surface area (Å²) in [7, 11) is -2.87. The summed E-state index contributed by atoms with van der Waals surface area (Å²) in [6.45, 7) is 6.41. The SMILES string of the molecule is CC(C)S(=O)(=O)[C@H]1CCN[C@@H](C)C1. The first kappa shape index (κ1) is 11.0. The molecular weight excluding hydrogens is 186 g/mol. The van der Waals surface area contributed by atoms with Gasteiger partial charge in [0.25, 0.3) is 0 Å². The van der Waals surface area contributed by atoms with Crippen molar-refractivity contribution in [1.29, 1.82) is 0 Å². The largest absolute Gasteiger partial charge is 0.314 e. The summed E-state index contributed by atoms with van der Waals surface area (Å²) in [6.07, 6.45) is 1.53. The summed E-state index contributed by atoms with van der Waals surface area (Å²) >= 11 is 0. The Morgan fingerprint density at radius 1 is 1.38 bits per heavy atom. The van der Waals surface area contributed by atoms with Gasteiger partial charge in [0.15, 0.2) is 9.84 Å². The van der Waals surface area contributed by atoms with Gasteiger partial charge in [-0.2, -0.15) is 0 Å². The maximum absolute atomic E-state index is 11.8. The van der Waals surface area contributed by atoms with Crippen LogP contribution in [0.3, 0.4) is 0 Å². The predicted octanol–water partition coefficient (Wildman–Crippen LogP) is 0.950. The van der Waals surface area contributed by atoms with Crippen LogP contribution in [0.1, 0.15) is 33.6 Å². The highest BCUT2D eigenvalue weighted by Gasteiger charge is 2.31. The standard InChI is InChI=1S/C9H19NO2S/c1-7(2)13(11,12)9-4-5-10-8(3)6-9/h7-10H,4-6H2,1-3H3/t8-,9-/m0/s1. The second-order valence-electron chi connectivity index (χ2n) is 4.14. The minimum atomic E-state index is -2.87. The van der Waals surface area contributed by atoms with E-state index in [4.69, 9.17) is 0 Å². The van der Waals surface area contributed by atoms with Crippen LogP contribution >= 0.6 is 0 Å². The van der Waals surface area contributed by atoms with E-state index in [0.29, 0.717) is 6.04 Å². The second-order valence-corrected chi connectivity index (χ2v) is 6.93. The zero-order chi connectivity index (χ0) is 10.1. The molecule has 4 heteroatoms. The van der Waals surface area contributed by atoms with Crippen LogP contribution < -0.4 is 5.32 Å². The third-order valence-electron chi connectivity index (χ3n) is 2.70. The fraction of sp³-hybridized carbons (Fsp3) is 1.00. The van der Waals surface area contributed by atoms with Gasteiger partial charge in [0.1, 0.15) is 0 Å². The first-order chi connectivity index (χ1) is 5.94. The first-order valence-corrected chi connectivity index (χ1v) is 6.51. The fourth-order valence-corrected chi connectivity index (χ4v) is 3.54. The van der Waals surface area contributed by atoms with Crippen LogP contribution in [0.2, 0.25) is 0 Å². The van der Waals surface area contributed by atoms with Gasteiger partial charge in [-0.1, -0.05) is 0 Å². The summed E-state index contributed by atoms with van der Waals surface area (Å²) in [5, 5.41) is 2.90. The first-order valence-electron chi connectivity index (χ1n) is 4.90. The summed E-state index contributed by atoms with van der Waals surface area (Å²) < 4.78 is 23.6. The van der Waals surface area contributed by atoms with Crippen molar-refractivity contribution in [3.63, 3.8) is 0 Å². The zero-order valence-electron chi connectivity index (χ0n) is 8.58. The van der Waals surface area contributed by atoms with Crippen molar-refractivity contribution >= 4 is 9.84 Å². The Bertz CT molecular complexity index is 259. The van der Waals surface area contributed by atoms with E-state index < -0.39 is 9.84 Å². The summed E-state index contributed by atoms with van der Waals surface area (Å²) in [5.41, 5.74) is 0. The topological polar surface area (TPSA) is 46.2 Å². The Kier molecular flexibility index (Phi) is 3.35. The van der Waals surface area contributed by atoms with E-state index in [1.54, 1.807) is 13.8 Å². The van der Waals surface area contributed by atoms with E-state index >= 15 is 0 Å². The molecule has 78 valence electrons. The van der Waals surface area contributed by atoms with E-state index in [1.165, 1.54) is 0 Å². The van der Waals surface area contributed by atoms with Crippen LogP contribution in [0.4, 0.5) is 0 Å². The second kappa shape index (κ2) is 3.96. The van der Waals surface area contributed by atoms with Gasteiger partial charge in [-0.15, -0.1) is 0 Å². The molecule has 1 fully saturated rings. The highest BCUT2D eigenvalue weighted by molar-refractivity contribution is 7.92. The molecule has 1 aliphatic heterocycles. The molecule has 0 unspecified atom stereocenters. The van der Waals surface area contributed by atoms with Gasteiger partial charge in [-0.3, -0.25) is 0 Å². The van der Waals surface area contributed by atoms with Gasteiger partial charge in [0.2, 0.25) is 0 Å². The van der Waals surface area contributed by atoms with Gasteiger partial charge < -0.3 is 5.32 Å². The number of rotatable bonds is 2. The van der Waals surface area contributed by atoms with Gasteiger partial charge in [-0.25, -0.2) is 8.42 Å². The normalized spacial score (nSPS) is 30.8. The Morgan fingerprint density at radius 2 is 2.00 bits per heavy atom. The molecule has 0 aromatic carbocycles. The van der Waals surface area contributed by atoms with E-state index in [2.05, 4.69) is 5.32 Å². The van der Waals surface area contributed by atoms with E-state index in [9.17, 15) is 8.42 Å². The maximum atomic E-state index is 11.8. The Labute approximate surface area is 80.8 Å². The van der Waals surface area contributed by atoms with Crippen molar-refractivity contribution in [3.05, 3.63) is 0 Å². The third kappa shape index (κ3) is 2.44.